The molecule has 1 fully saturated rings. The van der Waals surface area contributed by atoms with E-state index in [4.69, 9.17) is 10.8 Å². The van der Waals surface area contributed by atoms with Gasteiger partial charge in [-0.15, -0.1) is 10.2 Å². The summed E-state index contributed by atoms with van der Waals surface area (Å²) in [4.78, 5) is 12.2. The normalized spacial score (nSPS) is 13.5. The number of carbonyl (C=O) groups is 1. The second kappa shape index (κ2) is 7.79. The van der Waals surface area contributed by atoms with Crippen LogP contribution in [0.1, 0.15) is 53.0 Å². The number of aromatic nitrogens is 6. The molecule has 1 saturated carbocycles. The highest BCUT2D eigenvalue weighted by Gasteiger charge is 2.33. The predicted octanol–water partition coefficient (Wildman–Crippen LogP) is 3.32. The number of tetrazole rings is 1. The van der Waals surface area contributed by atoms with Crippen LogP contribution in [0.3, 0.4) is 0 Å². The molecule has 1 aliphatic rings. The number of hydrogen-bond donors (Lipinski definition) is 2. The average Bonchev–Trinajstić information content (AvgIpc) is 3.35. The van der Waals surface area contributed by atoms with Crippen molar-refractivity contribution in [2.24, 2.45) is 5.73 Å². The molecule has 0 radical (unpaired) electrons. The topological polar surface area (TPSA) is 115 Å². The molecule has 0 saturated heterocycles. The fraction of sp³-hybridized carbons (Fsp3) is 0.261. The molecular formula is C23H23N7O. The quantitative estimate of drug-likeness (QED) is 0.482. The number of rotatable bonds is 7. The van der Waals surface area contributed by atoms with Crippen LogP contribution in [-0.2, 0) is 13.0 Å². The first-order chi connectivity index (χ1) is 15.2. The summed E-state index contributed by atoms with van der Waals surface area (Å²) >= 11 is 0. The van der Waals surface area contributed by atoms with E-state index in [-0.39, 0.29) is 5.91 Å². The number of carbonyl (C=O) groups excluding carboxylic acids is 1. The summed E-state index contributed by atoms with van der Waals surface area (Å²) in [6, 6.07) is 16.3. The number of primary amides is 1. The van der Waals surface area contributed by atoms with Gasteiger partial charge in [-0.2, -0.15) is 10.3 Å². The SMILES string of the molecule is CCn1nc(C2CC2)c(C(N)=O)c1Cc1ccc(-c2ccccc2-c2nn[nH]n2)cc1. The fourth-order valence-electron chi connectivity index (χ4n) is 4.07. The van der Waals surface area contributed by atoms with Crippen LogP contribution < -0.4 is 5.73 Å². The van der Waals surface area contributed by atoms with Gasteiger partial charge in [-0.05, 0) is 41.7 Å². The van der Waals surface area contributed by atoms with Crippen LogP contribution in [0.5, 0.6) is 0 Å². The monoisotopic (exact) mass is 413 g/mol. The minimum atomic E-state index is -0.387. The molecule has 5 rings (SSSR count). The van der Waals surface area contributed by atoms with Gasteiger partial charge >= 0.3 is 0 Å². The third kappa shape index (κ3) is 3.61. The highest BCUT2D eigenvalue weighted by molar-refractivity contribution is 5.95. The van der Waals surface area contributed by atoms with E-state index in [0.717, 1.165) is 46.5 Å². The lowest BCUT2D eigenvalue weighted by molar-refractivity contribution is 0.0998. The molecule has 4 aromatic rings. The third-order valence-electron chi connectivity index (χ3n) is 5.74. The van der Waals surface area contributed by atoms with Gasteiger partial charge in [0.25, 0.3) is 5.91 Å². The lowest BCUT2D eigenvalue weighted by atomic mass is 9.96. The Hall–Kier alpha value is -3.81. The van der Waals surface area contributed by atoms with Gasteiger partial charge in [0.1, 0.15) is 0 Å². The van der Waals surface area contributed by atoms with E-state index in [0.29, 0.717) is 30.3 Å². The van der Waals surface area contributed by atoms with E-state index in [2.05, 4.69) is 44.9 Å². The van der Waals surface area contributed by atoms with Crippen molar-refractivity contribution in [2.45, 2.75) is 38.6 Å². The van der Waals surface area contributed by atoms with Gasteiger partial charge in [0, 0.05) is 24.4 Å². The van der Waals surface area contributed by atoms with E-state index < -0.39 is 0 Å². The smallest absolute Gasteiger partial charge is 0.252 e. The molecule has 31 heavy (non-hydrogen) atoms. The maximum absolute atomic E-state index is 12.2. The van der Waals surface area contributed by atoms with Gasteiger partial charge < -0.3 is 5.73 Å². The van der Waals surface area contributed by atoms with Crippen molar-refractivity contribution in [3.05, 3.63) is 71.0 Å². The summed E-state index contributed by atoms with van der Waals surface area (Å²) in [7, 11) is 0. The molecular weight excluding hydrogens is 390 g/mol. The number of H-pyrrole nitrogens is 1. The van der Waals surface area contributed by atoms with E-state index in [1.807, 2.05) is 35.9 Å². The Morgan fingerprint density at radius 3 is 2.48 bits per heavy atom. The van der Waals surface area contributed by atoms with Crippen molar-refractivity contribution in [3.63, 3.8) is 0 Å². The largest absolute Gasteiger partial charge is 0.365 e. The molecule has 8 heteroatoms. The summed E-state index contributed by atoms with van der Waals surface area (Å²) in [5.74, 6) is 0.547. The maximum atomic E-state index is 12.2. The molecule has 156 valence electrons. The summed E-state index contributed by atoms with van der Waals surface area (Å²) in [6.45, 7) is 2.74. The Balaban J connectivity index is 1.47. The van der Waals surface area contributed by atoms with Gasteiger partial charge in [0.05, 0.1) is 17.0 Å². The summed E-state index contributed by atoms with van der Waals surface area (Å²) in [5.41, 5.74) is 12.2. The average molecular weight is 413 g/mol. The van der Waals surface area contributed by atoms with Gasteiger partial charge in [-0.25, -0.2) is 0 Å². The van der Waals surface area contributed by atoms with Gasteiger partial charge in [0.15, 0.2) is 0 Å². The summed E-state index contributed by atoms with van der Waals surface area (Å²) in [5, 5.41) is 19.1. The molecule has 0 bridgehead atoms. The van der Waals surface area contributed by atoms with Crippen molar-refractivity contribution in [3.8, 4) is 22.5 Å². The fourth-order valence-corrected chi connectivity index (χ4v) is 4.07. The number of hydrogen-bond acceptors (Lipinski definition) is 5. The molecule has 3 N–H and O–H groups in total. The van der Waals surface area contributed by atoms with Crippen molar-refractivity contribution in [1.29, 1.82) is 0 Å². The minimum Gasteiger partial charge on any atom is -0.365 e. The van der Waals surface area contributed by atoms with Crippen LogP contribution in [0, 0.1) is 0 Å². The number of nitrogens with two attached hydrogens (primary N) is 1. The zero-order chi connectivity index (χ0) is 21.4. The molecule has 2 aromatic heterocycles. The number of aromatic amines is 1. The van der Waals surface area contributed by atoms with E-state index in [9.17, 15) is 4.79 Å². The van der Waals surface area contributed by atoms with Crippen LogP contribution in [0.15, 0.2) is 48.5 Å². The number of aryl methyl sites for hydroxylation is 1. The molecule has 1 aliphatic carbocycles. The molecule has 0 unspecified atom stereocenters. The number of benzene rings is 2. The first-order valence-corrected chi connectivity index (χ1v) is 10.5. The molecule has 1 amide bonds. The maximum Gasteiger partial charge on any atom is 0.252 e. The van der Waals surface area contributed by atoms with E-state index in [1.54, 1.807) is 0 Å². The highest BCUT2D eigenvalue weighted by Crippen LogP contribution is 2.42. The second-order valence-corrected chi connectivity index (χ2v) is 7.82. The number of amides is 1. The van der Waals surface area contributed by atoms with Crippen molar-refractivity contribution in [1.82, 2.24) is 30.4 Å². The van der Waals surface area contributed by atoms with Crippen LogP contribution in [0.2, 0.25) is 0 Å². The van der Waals surface area contributed by atoms with Crippen molar-refractivity contribution < 1.29 is 4.79 Å². The Labute approximate surface area is 179 Å². The highest BCUT2D eigenvalue weighted by atomic mass is 16.1. The predicted molar refractivity (Wildman–Crippen MR) is 116 cm³/mol. The summed E-state index contributed by atoms with van der Waals surface area (Å²) in [6.07, 6.45) is 2.77. The van der Waals surface area contributed by atoms with Gasteiger partial charge in [-0.3, -0.25) is 9.48 Å². The number of nitrogens with zero attached hydrogens (tertiary/aromatic N) is 5. The van der Waals surface area contributed by atoms with Crippen LogP contribution in [-0.4, -0.2) is 36.3 Å². The summed E-state index contributed by atoms with van der Waals surface area (Å²) < 4.78 is 1.92. The molecule has 2 heterocycles. The van der Waals surface area contributed by atoms with Gasteiger partial charge in [-0.1, -0.05) is 48.5 Å². The van der Waals surface area contributed by atoms with E-state index in [1.165, 1.54) is 0 Å². The molecule has 2 aromatic carbocycles. The van der Waals surface area contributed by atoms with Crippen LogP contribution in [0.4, 0.5) is 0 Å². The Kier molecular flexibility index (Phi) is 4.82. The van der Waals surface area contributed by atoms with Crippen molar-refractivity contribution in [2.75, 3.05) is 0 Å². The van der Waals surface area contributed by atoms with Gasteiger partial charge in [0.2, 0.25) is 5.82 Å². The lowest BCUT2D eigenvalue weighted by Crippen LogP contribution is -2.16. The first-order valence-electron chi connectivity index (χ1n) is 10.5. The van der Waals surface area contributed by atoms with Crippen molar-refractivity contribution >= 4 is 5.91 Å². The Bertz CT molecular complexity index is 1220. The van der Waals surface area contributed by atoms with E-state index >= 15 is 0 Å². The standard InChI is InChI=1S/C23H23N7O/c1-2-30-19(20(22(24)31)21(27-30)16-11-12-16)13-14-7-9-15(10-8-14)17-5-3-4-6-18(17)23-25-28-29-26-23/h3-10,16H,2,11-13H2,1H3,(H2,24,31)(H,25,26,28,29). The van der Waals surface area contributed by atoms with Crippen LogP contribution in [0.25, 0.3) is 22.5 Å². The molecule has 8 nitrogen and oxygen atoms in total. The third-order valence-corrected chi connectivity index (χ3v) is 5.74. The first kappa shape index (κ1) is 19.2. The molecule has 0 aliphatic heterocycles. The zero-order valence-corrected chi connectivity index (χ0v) is 17.2. The van der Waals surface area contributed by atoms with Crippen LogP contribution >= 0.6 is 0 Å². The second-order valence-electron chi connectivity index (χ2n) is 7.82. The Morgan fingerprint density at radius 2 is 1.87 bits per heavy atom. The molecule has 0 spiro atoms. The minimum absolute atomic E-state index is 0.373. The Morgan fingerprint density at radius 1 is 1.13 bits per heavy atom. The number of nitrogens with one attached hydrogen (secondary N) is 1. The molecule has 0 atom stereocenters. The zero-order valence-electron chi connectivity index (χ0n) is 17.2. The lowest BCUT2D eigenvalue weighted by Gasteiger charge is -2.10.